The van der Waals surface area contributed by atoms with Crippen LogP contribution in [0.2, 0.25) is 0 Å². The number of nitrogens with one attached hydrogen (secondary N) is 1. The van der Waals surface area contributed by atoms with E-state index in [9.17, 15) is 4.79 Å². The van der Waals surface area contributed by atoms with Gasteiger partial charge < -0.3 is 15.8 Å². The van der Waals surface area contributed by atoms with E-state index in [1.807, 2.05) is 50.2 Å². The Morgan fingerprint density at radius 2 is 1.90 bits per heavy atom. The number of nitrogens with two attached hydrogens (primary N) is 1. The van der Waals surface area contributed by atoms with Gasteiger partial charge in [-0.25, -0.2) is 0 Å². The third kappa shape index (κ3) is 4.24. The lowest BCUT2D eigenvalue weighted by Gasteiger charge is -2.09. The lowest BCUT2D eigenvalue weighted by Crippen LogP contribution is -2.15. The second kappa shape index (κ2) is 6.79. The summed E-state index contributed by atoms with van der Waals surface area (Å²) in [5.74, 6) is 0.767. The van der Waals surface area contributed by atoms with Gasteiger partial charge in [-0.3, -0.25) is 4.79 Å². The number of amides is 1. The summed E-state index contributed by atoms with van der Waals surface area (Å²) in [7, 11) is 0. The Bertz CT molecular complexity index is 621. The second-order valence-electron chi connectivity index (χ2n) is 4.88. The van der Waals surface area contributed by atoms with E-state index in [1.165, 1.54) is 0 Å². The van der Waals surface area contributed by atoms with Gasteiger partial charge >= 0.3 is 0 Å². The number of nitrogen functional groups attached to an aromatic ring is 1. The first-order chi connectivity index (χ1) is 10.1. The molecule has 0 radical (unpaired) electrons. The normalized spacial score (nSPS) is 10.2. The van der Waals surface area contributed by atoms with Gasteiger partial charge in [0.1, 0.15) is 5.75 Å². The van der Waals surface area contributed by atoms with Crippen molar-refractivity contribution >= 4 is 17.3 Å². The van der Waals surface area contributed by atoms with Crippen LogP contribution in [0.15, 0.2) is 42.5 Å². The van der Waals surface area contributed by atoms with Gasteiger partial charge in [0.15, 0.2) is 0 Å². The van der Waals surface area contributed by atoms with Crippen LogP contribution in [0.25, 0.3) is 0 Å². The predicted octanol–water partition coefficient (Wildman–Crippen LogP) is 3.16. The number of hydrogen-bond donors (Lipinski definition) is 2. The van der Waals surface area contributed by atoms with Crippen molar-refractivity contribution < 1.29 is 9.53 Å². The van der Waals surface area contributed by atoms with Gasteiger partial charge in [0.05, 0.1) is 13.0 Å². The van der Waals surface area contributed by atoms with Crippen LogP contribution in [0, 0.1) is 6.92 Å². The molecule has 110 valence electrons. The number of carbonyl (C=O) groups is 1. The van der Waals surface area contributed by atoms with Crippen LogP contribution in [0.1, 0.15) is 18.1 Å². The molecule has 21 heavy (non-hydrogen) atoms. The molecule has 3 N–H and O–H groups in total. The first-order valence-electron chi connectivity index (χ1n) is 6.96. The van der Waals surface area contributed by atoms with E-state index in [-0.39, 0.29) is 5.91 Å². The molecule has 0 aliphatic carbocycles. The van der Waals surface area contributed by atoms with E-state index in [2.05, 4.69) is 5.32 Å². The van der Waals surface area contributed by atoms with Crippen molar-refractivity contribution in [2.45, 2.75) is 20.3 Å². The smallest absolute Gasteiger partial charge is 0.228 e. The van der Waals surface area contributed by atoms with Gasteiger partial charge in [-0.1, -0.05) is 12.1 Å². The Balaban J connectivity index is 1.98. The van der Waals surface area contributed by atoms with Crippen LogP contribution in [-0.2, 0) is 11.2 Å². The largest absolute Gasteiger partial charge is 0.494 e. The summed E-state index contributed by atoms with van der Waals surface area (Å²) in [5, 5.41) is 2.90. The molecule has 2 rings (SSSR count). The average Bonchev–Trinajstić information content (AvgIpc) is 2.44. The van der Waals surface area contributed by atoms with Crippen molar-refractivity contribution in [3.05, 3.63) is 53.6 Å². The maximum Gasteiger partial charge on any atom is 0.228 e. The number of aryl methyl sites for hydroxylation is 1. The van der Waals surface area contributed by atoms with Crippen LogP contribution >= 0.6 is 0 Å². The monoisotopic (exact) mass is 284 g/mol. The van der Waals surface area contributed by atoms with Crippen molar-refractivity contribution in [2.75, 3.05) is 17.7 Å². The minimum atomic E-state index is -0.0490. The summed E-state index contributed by atoms with van der Waals surface area (Å²) in [6.07, 6.45) is 0.330. The summed E-state index contributed by atoms with van der Waals surface area (Å²) in [6, 6.07) is 13.0. The number of anilines is 2. The molecule has 0 heterocycles. The highest BCUT2D eigenvalue weighted by Gasteiger charge is 2.06. The quantitative estimate of drug-likeness (QED) is 0.829. The fourth-order valence-corrected chi connectivity index (χ4v) is 2.08. The van der Waals surface area contributed by atoms with Gasteiger partial charge in [0, 0.05) is 11.4 Å². The summed E-state index contributed by atoms with van der Waals surface area (Å²) in [6.45, 7) is 4.50. The van der Waals surface area contributed by atoms with Crippen molar-refractivity contribution in [3.8, 4) is 5.75 Å². The summed E-state index contributed by atoms with van der Waals surface area (Å²) in [4.78, 5) is 12.1. The summed E-state index contributed by atoms with van der Waals surface area (Å²) in [5.41, 5.74) is 9.08. The van der Waals surface area contributed by atoms with E-state index in [0.717, 1.165) is 22.6 Å². The standard InChI is InChI=1S/C17H20N2O2/c1-3-21-15-7-4-13(5-8-15)11-17(20)19-16-9-6-14(18)10-12(16)2/h4-10H,3,11,18H2,1-2H3,(H,19,20). The van der Waals surface area contributed by atoms with E-state index in [1.54, 1.807) is 6.07 Å². The van der Waals surface area contributed by atoms with Crippen LogP contribution in [-0.4, -0.2) is 12.5 Å². The molecule has 0 fully saturated rings. The van der Waals surface area contributed by atoms with Gasteiger partial charge in [-0.2, -0.15) is 0 Å². The maximum absolute atomic E-state index is 12.1. The third-order valence-corrected chi connectivity index (χ3v) is 3.12. The molecule has 2 aromatic rings. The highest BCUT2D eigenvalue weighted by Crippen LogP contribution is 2.18. The molecule has 0 bridgehead atoms. The molecule has 0 saturated heterocycles. The molecule has 0 saturated carbocycles. The molecule has 4 heteroatoms. The van der Waals surface area contributed by atoms with E-state index < -0.39 is 0 Å². The minimum Gasteiger partial charge on any atom is -0.494 e. The number of carbonyl (C=O) groups excluding carboxylic acids is 1. The first-order valence-corrected chi connectivity index (χ1v) is 6.96. The Labute approximate surface area is 124 Å². The molecule has 0 aliphatic rings. The predicted molar refractivity (Wildman–Crippen MR) is 85.5 cm³/mol. The van der Waals surface area contributed by atoms with E-state index in [4.69, 9.17) is 10.5 Å². The lowest BCUT2D eigenvalue weighted by molar-refractivity contribution is -0.115. The van der Waals surface area contributed by atoms with Gasteiger partial charge in [-0.15, -0.1) is 0 Å². The third-order valence-electron chi connectivity index (χ3n) is 3.12. The maximum atomic E-state index is 12.1. The molecular formula is C17H20N2O2. The molecule has 0 aliphatic heterocycles. The van der Waals surface area contributed by atoms with Crippen LogP contribution in [0.4, 0.5) is 11.4 Å². The molecule has 2 aromatic carbocycles. The van der Waals surface area contributed by atoms with Crippen molar-refractivity contribution in [2.24, 2.45) is 0 Å². The molecule has 0 spiro atoms. The zero-order valence-electron chi connectivity index (χ0n) is 12.3. The fourth-order valence-electron chi connectivity index (χ4n) is 2.08. The van der Waals surface area contributed by atoms with Gasteiger partial charge in [0.25, 0.3) is 0 Å². The fraction of sp³-hybridized carbons (Fsp3) is 0.235. The topological polar surface area (TPSA) is 64.3 Å². The van der Waals surface area contributed by atoms with Crippen molar-refractivity contribution in [3.63, 3.8) is 0 Å². The Morgan fingerprint density at radius 3 is 2.52 bits per heavy atom. The molecular weight excluding hydrogens is 264 g/mol. The van der Waals surface area contributed by atoms with Crippen LogP contribution in [0.5, 0.6) is 5.75 Å². The van der Waals surface area contributed by atoms with Gasteiger partial charge in [-0.05, 0) is 55.3 Å². The highest BCUT2D eigenvalue weighted by atomic mass is 16.5. The molecule has 0 atom stereocenters. The number of hydrogen-bond acceptors (Lipinski definition) is 3. The zero-order valence-corrected chi connectivity index (χ0v) is 12.3. The molecule has 0 aromatic heterocycles. The average molecular weight is 284 g/mol. The van der Waals surface area contributed by atoms with E-state index >= 15 is 0 Å². The number of rotatable bonds is 5. The van der Waals surface area contributed by atoms with Crippen molar-refractivity contribution in [1.82, 2.24) is 0 Å². The minimum absolute atomic E-state index is 0.0490. The second-order valence-corrected chi connectivity index (χ2v) is 4.88. The lowest BCUT2D eigenvalue weighted by atomic mass is 10.1. The molecule has 4 nitrogen and oxygen atoms in total. The number of benzene rings is 2. The zero-order chi connectivity index (χ0) is 15.2. The van der Waals surface area contributed by atoms with E-state index in [0.29, 0.717) is 18.7 Å². The Hall–Kier alpha value is -2.49. The highest BCUT2D eigenvalue weighted by molar-refractivity contribution is 5.93. The van der Waals surface area contributed by atoms with Crippen LogP contribution < -0.4 is 15.8 Å². The Morgan fingerprint density at radius 1 is 1.19 bits per heavy atom. The van der Waals surface area contributed by atoms with Crippen LogP contribution in [0.3, 0.4) is 0 Å². The van der Waals surface area contributed by atoms with Gasteiger partial charge in [0.2, 0.25) is 5.91 Å². The molecule has 1 amide bonds. The summed E-state index contributed by atoms with van der Waals surface area (Å²) < 4.78 is 5.38. The molecule has 0 unspecified atom stereocenters. The SMILES string of the molecule is CCOc1ccc(CC(=O)Nc2ccc(N)cc2C)cc1. The Kier molecular flexibility index (Phi) is 4.82. The first kappa shape index (κ1) is 14.9. The van der Waals surface area contributed by atoms with Crippen molar-refractivity contribution in [1.29, 1.82) is 0 Å². The number of ether oxygens (including phenoxy) is 1. The summed E-state index contributed by atoms with van der Waals surface area (Å²) >= 11 is 0.